The van der Waals surface area contributed by atoms with E-state index < -0.39 is 5.41 Å². The highest BCUT2D eigenvalue weighted by Crippen LogP contribution is 2.71. The molecule has 0 aromatic carbocycles. The van der Waals surface area contributed by atoms with E-state index in [9.17, 15) is 9.59 Å². The van der Waals surface area contributed by atoms with E-state index in [-0.39, 0.29) is 23.8 Å². The molecule has 5 aliphatic carbocycles. The van der Waals surface area contributed by atoms with Crippen LogP contribution in [0.1, 0.15) is 96.8 Å². The fourth-order valence-corrected chi connectivity index (χ4v) is 9.44. The lowest BCUT2D eigenvalue weighted by molar-refractivity contribution is -0.135. The Morgan fingerprint density at radius 3 is 2.71 bits per heavy atom. The third kappa shape index (κ3) is 4.35. The summed E-state index contributed by atoms with van der Waals surface area (Å²) in [5.74, 6) is 3.14. The van der Waals surface area contributed by atoms with Crippen LogP contribution < -0.4 is 11.1 Å². The number of dihydropyridines is 1. The summed E-state index contributed by atoms with van der Waals surface area (Å²) in [5.41, 5.74) is 10.7. The van der Waals surface area contributed by atoms with Crippen molar-refractivity contribution in [3.8, 4) is 0 Å². The van der Waals surface area contributed by atoms with Gasteiger partial charge in [-0.1, -0.05) is 57.1 Å². The Balaban J connectivity index is 1.33. The van der Waals surface area contributed by atoms with Crippen molar-refractivity contribution in [2.24, 2.45) is 34.8 Å². The number of fused-ring (bicyclic) bond motifs is 1. The van der Waals surface area contributed by atoms with Crippen LogP contribution in [0.5, 0.6) is 0 Å². The van der Waals surface area contributed by atoms with Gasteiger partial charge >= 0.3 is 11.9 Å². The van der Waals surface area contributed by atoms with Gasteiger partial charge in [0.25, 0.3) is 0 Å². The minimum atomic E-state index is -0.568. The van der Waals surface area contributed by atoms with E-state index >= 15 is 0 Å². The Bertz CT molecular complexity index is 1340. The third-order valence-corrected chi connectivity index (χ3v) is 11.1. The van der Waals surface area contributed by atoms with E-state index in [2.05, 4.69) is 30.5 Å². The quantitative estimate of drug-likeness (QED) is 0.336. The molecule has 6 heteroatoms. The van der Waals surface area contributed by atoms with E-state index in [1.165, 1.54) is 37.7 Å². The molecule has 0 amide bonds. The first-order valence-electron chi connectivity index (χ1n) is 16.2. The first-order valence-corrected chi connectivity index (χ1v) is 16.2. The first kappa shape index (κ1) is 26.9. The second kappa shape index (κ2) is 10.7. The standard InChI is InChI=1S/C35H44N2O4/c1-2-3-11-27-25-14-13-24-23-15-17-35(31(24)30(25)33(38)40-27)28(12-7-10-21-8-5-4-6-9-21)41-34(39)32(35)26(23)19-22-16-18-37-29(36)20-22/h11-12,16,20-21,23-24,31,37H,2-10,13-15,17-19,36H2,1H3/b27-11-,28-12-/t23-,24-,31+,35-/m0/s1. The lowest BCUT2D eigenvalue weighted by Crippen LogP contribution is -2.52. The van der Waals surface area contributed by atoms with E-state index in [1.807, 2.05) is 6.08 Å². The highest BCUT2D eigenvalue weighted by molar-refractivity contribution is 6.00. The SMILES string of the molecule is CCC/C=C1\OC(=O)C2=C1CC[C@H]1[C@@H]3CC[C@@]4(C(=C3CC3=CCNC(N)=C3)C(=O)O/C4=C\CCC3CCCCC3)[C@@H]21. The number of nitrogens with one attached hydrogen (secondary N) is 1. The van der Waals surface area contributed by atoms with E-state index in [0.717, 1.165) is 97.5 Å². The lowest BCUT2D eigenvalue weighted by atomic mass is 9.44. The average molecular weight is 557 g/mol. The molecular weight excluding hydrogens is 512 g/mol. The van der Waals surface area contributed by atoms with E-state index in [1.54, 1.807) is 0 Å². The van der Waals surface area contributed by atoms with Gasteiger partial charge in [-0.15, -0.1) is 0 Å². The average Bonchev–Trinajstić information content (AvgIpc) is 3.46. The predicted octanol–water partition coefficient (Wildman–Crippen LogP) is 6.78. The largest absolute Gasteiger partial charge is 0.427 e. The van der Waals surface area contributed by atoms with Crippen LogP contribution in [0.25, 0.3) is 0 Å². The number of nitrogens with two attached hydrogens (primary N) is 1. The molecule has 0 unspecified atom stereocenters. The number of hydrogen-bond acceptors (Lipinski definition) is 6. The molecule has 218 valence electrons. The van der Waals surface area contributed by atoms with E-state index in [0.29, 0.717) is 18.3 Å². The molecule has 3 heterocycles. The van der Waals surface area contributed by atoms with Crippen molar-refractivity contribution < 1.29 is 19.1 Å². The van der Waals surface area contributed by atoms with Crippen molar-refractivity contribution >= 4 is 11.9 Å². The molecule has 8 rings (SSSR count). The number of carbonyl (C=O) groups excluding carboxylic acids is 2. The Kier molecular flexibility index (Phi) is 6.99. The summed E-state index contributed by atoms with van der Waals surface area (Å²) >= 11 is 0. The summed E-state index contributed by atoms with van der Waals surface area (Å²) in [7, 11) is 0. The molecule has 2 saturated carbocycles. The molecule has 3 aliphatic heterocycles. The van der Waals surface area contributed by atoms with Crippen molar-refractivity contribution in [3.05, 3.63) is 69.5 Å². The van der Waals surface area contributed by atoms with Crippen molar-refractivity contribution in [1.82, 2.24) is 5.32 Å². The van der Waals surface area contributed by atoms with Crippen molar-refractivity contribution in [1.29, 1.82) is 0 Å². The number of carbonyl (C=O) groups is 2. The fraction of sp³-hybridized carbons (Fsp3) is 0.600. The summed E-state index contributed by atoms with van der Waals surface area (Å²) in [6, 6.07) is 0. The molecule has 4 atom stereocenters. The van der Waals surface area contributed by atoms with Gasteiger partial charge in [0.05, 0.1) is 16.8 Å². The Morgan fingerprint density at radius 1 is 1.05 bits per heavy atom. The van der Waals surface area contributed by atoms with Crippen LogP contribution in [0.3, 0.4) is 0 Å². The summed E-state index contributed by atoms with van der Waals surface area (Å²) < 4.78 is 12.2. The minimum Gasteiger partial charge on any atom is -0.427 e. The summed E-state index contributed by atoms with van der Waals surface area (Å²) in [6.07, 6.45) is 23.6. The zero-order chi connectivity index (χ0) is 28.1. The molecule has 1 spiro atoms. The van der Waals surface area contributed by atoms with Crippen LogP contribution in [-0.4, -0.2) is 18.5 Å². The van der Waals surface area contributed by atoms with Crippen LogP contribution in [0, 0.1) is 29.1 Å². The van der Waals surface area contributed by atoms with Gasteiger partial charge in [0.15, 0.2) is 0 Å². The molecule has 3 N–H and O–H groups in total. The molecule has 0 aromatic rings. The van der Waals surface area contributed by atoms with Crippen LogP contribution >= 0.6 is 0 Å². The third-order valence-electron chi connectivity index (χ3n) is 11.1. The molecule has 8 aliphatic rings. The number of allylic oxidation sites excluding steroid dienone is 7. The van der Waals surface area contributed by atoms with Gasteiger partial charge < -0.3 is 20.5 Å². The number of cyclic esters (lactones) is 2. The van der Waals surface area contributed by atoms with Crippen LogP contribution in [-0.2, 0) is 19.1 Å². The second-order valence-electron chi connectivity index (χ2n) is 13.3. The maximum absolute atomic E-state index is 13.9. The number of hydrogen-bond donors (Lipinski definition) is 2. The number of ether oxygens (including phenoxy) is 2. The maximum Gasteiger partial charge on any atom is 0.340 e. The highest BCUT2D eigenvalue weighted by atomic mass is 16.5. The second-order valence-corrected chi connectivity index (χ2v) is 13.3. The number of rotatable bonds is 7. The zero-order valence-electron chi connectivity index (χ0n) is 24.4. The monoisotopic (exact) mass is 556 g/mol. The smallest absolute Gasteiger partial charge is 0.340 e. The van der Waals surface area contributed by atoms with Gasteiger partial charge in [-0.25, -0.2) is 9.59 Å². The van der Waals surface area contributed by atoms with Crippen LogP contribution in [0.15, 0.2) is 69.5 Å². The zero-order valence-corrected chi connectivity index (χ0v) is 24.4. The molecule has 1 saturated heterocycles. The number of unbranched alkanes of at least 4 members (excludes halogenated alkanes) is 1. The lowest BCUT2D eigenvalue weighted by Gasteiger charge is -2.56. The van der Waals surface area contributed by atoms with Gasteiger partial charge in [0, 0.05) is 23.6 Å². The molecule has 2 bridgehead atoms. The molecule has 3 fully saturated rings. The molecule has 0 radical (unpaired) electrons. The normalized spacial score (nSPS) is 34.7. The summed E-state index contributed by atoms with van der Waals surface area (Å²) in [4.78, 5) is 27.5. The molecule has 41 heavy (non-hydrogen) atoms. The topological polar surface area (TPSA) is 90.6 Å². The number of esters is 2. The molecular formula is C35H44N2O4. The van der Waals surface area contributed by atoms with Crippen molar-refractivity contribution in [3.63, 3.8) is 0 Å². The Morgan fingerprint density at radius 2 is 1.90 bits per heavy atom. The van der Waals surface area contributed by atoms with Gasteiger partial charge in [-0.3, -0.25) is 0 Å². The van der Waals surface area contributed by atoms with Crippen molar-refractivity contribution in [2.45, 2.75) is 96.8 Å². The highest BCUT2D eigenvalue weighted by Gasteiger charge is 2.68. The van der Waals surface area contributed by atoms with Gasteiger partial charge in [-0.05, 0) is 92.9 Å². The van der Waals surface area contributed by atoms with Crippen molar-refractivity contribution in [2.75, 3.05) is 6.54 Å². The van der Waals surface area contributed by atoms with E-state index in [4.69, 9.17) is 15.2 Å². The van der Waals surface area contributed by atoms with Crippen LogP contribution in [0.2, 0.25) is 0 Å². The van der Waals surface area contributed by atoms with Gasteiger partial charge in [0.1, 0.15) is 11.5 Å². The van der Waals surface area contributed by atoms with Gasteiger partial charge in [0.2, 0.25) is 0 Å². The predicted molar refractivity (Wildman–Crippen MR) is 157 cm³/mol. The summed E-state index contributed by atoms with van der Waals surface area (Å²) in [5, 5.41) is 3.17. The first-order chi connectivity index (χ1) is 20.0. The Hall–Kier alpha value is -3.02. The Labute approximate surface area is 243 Å². The van der Waals surface area contributed by atoms with Crippen LogP contribution in [0.4, 0.5) is 0 Å². The minimum absolute atomic E-state index is 0.0567. The molecule has 0 aromatic heterocycles. The fourth-order valence-electron chi connectivity index (χ4n) is 9.44. The maximum atomic E-state index is 13.9. The van der Waals surface area contributed by atoms with Gasteiger partial charge in [-0.2, -0.15) is 0 Å². The molecule has 6 nitrogen and oxygen atoms in total. The summed E-state index contributed by atoms with van der Waals surface area (Å²) in [6.45, 7) is 2.85.